The number of nitrogens with one attached hydrogen (secondary N) is 1. The van der Waals surface area contributed by atoms with E-state index in [0.29, 0.717) is 5.69 Å². The number of rotatable bonds is 3. The molecule has 0 bridgehead atoms. The molecule has 0 unspecified atom stereocenters. The number of nitrogen functional groups attached to an aromatic ring is 1. The maximum absolute atomic E-state index is 13.1. The highest BCUT2D eigenvalue weighted by molar-refractivity contribution is 5.93. The van der Waals surface area contributed by atoms with E-state index in [1.807, 2.05) is 19.9 Å². The highest BCUT2D eigenvalue weighted by atomic mass is 19.1. The van der Waals surface area contributed by atoms with Gasteiger partial charge in [0.1, 0.15) is 12.4 Å². The third-order valence-corrected chi connectivity index (χ3v) is 2.69. The Labute approximate surface area is 110 Å². The van der Waals surface area contributed by atoms with Crippen LogP contribution in [0.3, 0.4) is 0 Å². The van der Waals surface area contributed by atoms with Crippen LogP contribution in [0.2, 0.25) is 0 Å². The fraction of sp³-hybridized carbons (Fsp3) is 0.231. The standard InChI is InChI=1S/C13H15FN4O/c1-8-5-9(2)18(17-8)7-13(19)16-12-6-10(14)3-4-11(12)15/h3-6H,7,15H2,1-2H3,(H,16,19). The number of halogens is 1. The minimum absolute atomic E-state index is 0.0651. The lowest BCUT2D eigenvalue weighted by atomic mass is 10.2. The van der Waals surface area contributed by atoms with Crippen LogP contribution in [0.25, 0.3) is 0 Å². The average molecular weight is 262 g/mol. The zero-order valence-electron chi connectivity index (χ0n) is 10.8. The van der Waals surface area contributed by atoms with Gasteiger partial charge in [-0.25, -0.2) is 4.39 Å². The van der Waals surface area contributed by atoms with Gasteiger partial charge in [-0.2, -0.15) is 5.10 Å². The van der Waals surface area contributed by atoms with Crippen LogP contribution in [0.15, 0.2) is 24.3 Å². The quantitative estimate of drug-likeness (QED) is 0.829. The monoisotopic (exact) mass is 262 g/mol. The largest absolute Gasteiger partial charge is 0.397 e. The molecule has 0 spiro atoms. The minimum Gasteiger partial charge on any atom is -0.397 e. The fourth-order valence-corrected chi connectivity index (χ4v) is 1.80. The summed E-state index contributed by atoms with van der Waals surface area (Å²) in [7, 11) is 0. The van der Waals surface area contributed by atoms with Crippen LogP contribution in [0.4, 0.5) is 15.8 Å². The van der Waals surface area contributed by atoms with Gasteiger partial charge in [0.25, 0.3) is 0 Å². The molecule has 0 saturated heterocycles. The van der Waals surface area contributed by atoms with E-state index in [9.17, 15) is 9.18 Å². The topological polar surface area (TPSA) is 72.9 Å². The normalized spacial score (nSPS) is 10.5. The Morgan fingerprint density at radius 1 is 1.42 bits per heavy atom. The molecule has 1 aromatic carbocycles. The fourth-order valence-electron chi connectivity index (χ4n) is 1.80. The van der Waals surface area contributed by atoms with Gasteiger partial charge in [0.2, 0.25) is 5.91 Å². The van der Waals surface area contributed by atoms with Crippen molar-refractivity contribution in [2.45, 2.75) is 20.4 Å². The Kier molecular flexibility index (Phi) is 3.50. The molecule has 0 fully saturated rings. The molecule has 0 atom stereocenters. The van der Waals surface area contributed by atoms with E-state index in [1.165, 1.54) is 18.2 Å². The molecule has 6 heteroatoms. The van der Waals surface area contributed by atoms with Crippen molar-refractivity contribution in [2.75, 3.05) is 11.1 Å². The Bertz CT molecular complexity index is 621. The van der Waals surface area contributed by atoms with Gasteiger partial charge in [-0.15, -0.1) is 0 Å². The molecular weight excluding hydrogens is 247 g/mol. The Hall–Kier alpha value is -2.37. The first-order valence-corrected chi connectivity index (χ1v) is 5.81. The number of carbonyl (C=O) groups excluding carboxylic acids is 1. The van der Waals surface area contributed by atoms with Gasteiger partial charge in [-0.1, -0.05) is 0 Å². The highest BCUT2D eigenvalue weighted by Gasteiger charge is 2.09. The van der Waals surface area contributed by atoms with Gasteiger partial charge in [-0.05, 0) is 38.1 Å². The maximum Gasteiger partial charge on any atom is 0.246 e. The lowest BCUT2D eigenvalue weighted by molar-refractivity contribution is -0.116. The van der Waals surface area contributed by atoms with Crippen LogP contribution >= 0.6 is 0 Å². The predicted octanol–water partition coefficient (Wildman–Crippen LogP) is 1.86. The van der Waals surface area contributed by atoms with Gasteiger partial charge in [0.05, 0.1) is 17.1 Å². The Balaban J connectivity index is 2.09. The van der Waals surface area contributed by atoms with Crippen molar-refractivity contribution in [1.29, 1.82) is 0 Å². The summed E-state index contributed by atoms with van der Waals surface area (Å²) in [6, 6.07) is 5.72. The van der Waals surface area contributed by atoms with Gasteiger partial charge in [-0.3, -0.25) is 9.48 Å². The second kappa shape index (κ2) is 5.09. The summed E-state index contributed by atoms with van der Waals surface area (Å²) < 4.78 is 14.7. The summed E-state index contributed by atoms with van der Waals surface area (Å²) in [5.41, 5.74) is 7.99. The number of aromatic nitrogens is 2. The molecule has 0 aliphatic rings. The maximum atomic E-state index is 13.1. The summed E-state index contributed by atoms with van der Waals surface area (Å²) >= 11 is 0. The molecular formula is C13H15FN4O. The first-order valence-electron chi connectivity index (χ1n) is 5.81. The first-order chi connectivity index (χ1) is 8.95. The van der Waals surface area contributed by atoms with Crippen LogP contribution in [0, 0.1) is 19.7 Å². The van der Waals surface area contributed by atoms with Crippen molar-refractivity contribution in [3.05, 3.63) is 41.5 Å². The van der Waals surface area contributed by atoms with Crippen LogP contribution < -0.4 is 11.1 Å². The average Bonchev–Trinajstić information content (AvgIpc) is 2.62. The summed E-state index contributed by atoms with van der Waals surface area (Å²) in [5, 5.41) is 6.75. The first kappa shape index (κ1) is 13.1. The molecule has 1 amide bonds. The van der Waals surface area contributed by atoms with Gasteiger partial charge >= 0.3 is 0 Å². The van der Waals surface area contributed by atoms with Crippen molar-refractivity contribution in [3.63, 3.8) is 0 Å². The molecule has 2 rings (SSSR count). The number of nitrogens with two attached hydrogens (primary N) is 1. The van der Waals surface area contributed by atoms with Crippen LogP contribution in [0.5, 0.6) is 0 Å². The van der Waals surface area contributed by atoms with Crippen molar-refractivity contribution >= 4 is 17.3 Å². The molecule has 100 valence electrons. The molecule has 0 aliphatic heterocycles. The van der Waals surface area contributed by atoms with Crippen molar-refractivity contribution in [1.82, 2.24) is 9.78 Å². The highest BCUT2D eigenvalue weighted by Crippen LogP contribution is 2.19. The number of aryl methyl sites for hydroxylation is 2. The van der Waals surface area contributed by atoms with Gasteiger partial charge < -0.3 is 11.1 Å². The zero-order chi connectivity index (χ0) is 14.0. The van der Waals surface area contributed by atoms with Crippen LogP contribution in [-0.2, 0) is 11.3 Å². The summed E-state index contributed by atoms with van der Waals surface area (Å²) in [5.74, 6) is -0.751. The van der Waals surface area contributed by atoms with Crippen molar-refractivity contribution in [2.24, 2.45) is 0 Å². The molecule has 19 heavy (non-hydrogen) atoms. The van der Waals surface area contributed by atoms with Crippen LogP contribution in [0.1, 0.15) is 11.4 Å². The third kappa shape index (κ3) is 3.09. The van der Waals surface area contributed by atoms with E-state index in [2.05, 4.69) is 10.4 Å². The van der Waals surface area contributed by atoms with E-state index in [-0.39, 0.29) is 18.1 Å². The van der Waals surface area contributed by atoms with E-state index in [1.54, 1.807) is 4.68 Å². The lowest BCUT2D eigenvalue weighted by Crippen LogP contribution is -2.21. The molecule has 3 N–H and O–H groups in total. The molecule has 5 nitrogen and oxygen atoms in total. The molecule has 0 saturated carbocycles. The molecule has 2 aromatic rings. The molecule has 1 heterocycles. The Morgan fingerprint density at radius 2 is 2.16 bits per heavy atom. The molecule has 1 aromatic heterocycles. The zero-order valence-corrected chi connectivity index (χ0v) is 10.8. The van der Waals surface area contributed by atoms with Crippen molar-refractivity contribution < 1.29 is 9.18 Å². The van der Waals surface area contributed by atoms with E-state index in [0.717, 1.165) is 11.4 Å². The smallest absolute Gasteiger partial charge is 0.246 e. The third-order valence-electron chi connectivity index (χ3n) is 2.69. The van der Waals surface area contributed by atoms with Gasteiger partial charge in [0.15, 0.2) is 0 Å². The number of benzene rings is 1. The number of nitrogens with zero attached hydrogens (tertiary/aromatic N) is 2. The van der Waals surface area contributed by atoms with E-state index >= 15 is 0 Å². The summed E-state index contributed by atoms with van der Waals surface area (Å²) in [6.45, 7) is 3.78. The van der Waals surface area contributed by atoms with Gasteiger partial charge in [0, 0.05) is 5.69 Å². The molecule has 0 aliphatic carbocycles. The number of anilines is 2. The lowest BCUT2D eigenvalue weighted by Gasteiger charge is -2.09. The molecule has 0 radical (unpaired) electrons. The minimum atomic E-state index is -0.449. The number of hydrogen-bond acceptors (Lipinski definition) is 3. The van der Waals surface area contributed by atoms with E-state index < -0.39 is 5.82 Å². The number of amides is 1. The van der Waals surface area contributed by atoms with Crippen LogP contribution in [-0.4, -0.2) is 15.7 Å². The second-order valence-electron chi connectivity index (χ2n) is 4.36. The number of carbonyl (C=O) groups is 1. The predicted molar refractivity (Wildman–Crippen MR) is 71.1 cm³/mol. The Morgan fingerprint density at radius 3 is 2.79 bits per heavy atom. The van der Waals surface area contributed by atoms with E-state index in [4.69, 9.17) is 5.73 Å². The SMILES string of the molecule is Cc1cc(C)n(CC(=O)Nc2cc(F)ccc2N)n1. The second-order valence-corrected chi connectivity index (χ2v) is 4.36. The van der Waals surface area contributed by atoms with Crippen molar-refractivity contribution in [3.8, 4) is 0 Å². The summed E-state index contributed by atoms with van der Waals surface area (Å²) in [4.78, 5) is 11.9. The number of hydrogen-bond donors (Lipinski definition) is 2. The summed E-state index contributed by atoms with van der Waals surface area (Å²) in [6.07, 6.45) is 0.